The van der Waals surface area contributed by atoms with Crippen LogP contribution in [0.3, 0.4) is 0 Å². The predicted octanol–water partition coefficient (Wildman–Crippen LogP) is 5.86. The van der Waals surface area contributed by atoms with Gasteiger partial charge in [0.1, 0.15) is 6.54 Å². The first-order valence-corrected chi connectivity index (χ1v) is 13.9. The summed E-state index contributed by atoms with van der Waals surface area (Å²) >= 11 is 9.75. The number of aromatic nitrogens is 1. The van der Waals surface area contributed by atoms with Crippen LogP contribution in [0.25, 0.3) is 5.69 Å². The molecule has 0 fully saturated rings. The quantitative estimate of drug-likeness (QED) is 0.204. The molecule has 0 aliphatic carbocycles. The van der Waals surface area contributed by atoms with E-state index in [4.69, 9.17) is 11.6 Å². The smallest absolute Gasteiger partial charge is 0.264 e. The fourth-order valence-corrected chi connectivity index (χ4v) is 5.97. The average molecular weight is 600 g/mol. The number of benzene rings is 3. The molecule has 0 atom stereocenters. The zero-order valence-corrected chi connectivity index (χ0v) is 23.3. The highest BCUT2D eigenvalue weighted by Crippen LogP contribution is 2.27. The number of carbonyl (C=O) groups excluding carboxylic acids is 1. The van der Waals surface area contributed by atoms with Crippen LogP contribution in [0.4, 0.5) is 5.69 Å². The van der Waals surface area contributed by atoms with Crippen molar-refractivity contribution < 1.29 is 13.2 Å². The van der Waals surface area contributed by atoms with Gasteiger partial charge in [-0.05, 0) is 62.4 Å². The Kier molecular flexibility index (Phi) is 8.16. The van der Waals surface area contributed by atoms with E-state index < -0.39 is 22.5 Å². The third-order valence-electron chi connectivity index (χ3n) is 5.67. The van der Waals surface area contributed by atoms with Gasteiger partial charge in [0.05, 0.1) is 27.5 Å². The van der Waals surface area contributed by atoms with Gasteiger partial charge in [0.15, 0.2) is 0 Å². The zero-order chi connectivity index (χ0) is 26.6. The van der Waals surface area contributed by atoms with Gasteiger partial charge in [0.2, 0.25) is 0 Å². The molecule has 0 spiro atoms. The molecule has 4 aromatic rings. The summed E-state index contributed by atoms with van der Waals surface area (Å²) in [4.78, 5) is 12.9. The fourth-order valence-electron chi connectivity index (χ4n) is 3.93. The molecule has 1 N–H and O–H groups in total. The van der Waals surface area contributed by atoms with E-state index in [2.05, 4.69) is 26.5 Å². The molecule has 3 aromatic carbocycles. The van der Waals surface area contributed by atoms with Crippen LogP contribution >= 0.6 is 27.5 Å². The molecule has 0 saturated heterocycles. The molecular formula is C27H24BrClN4O3S. The number of anilines is 1. The van der Waals surface area contributed by atoms with E-state index in [9.17, 15) is 13.2 Å². The van der Waals surface area contributed by atoms with E-state index in [1.807, 2.05) is 48.7 Å². The van der Waals surface area contributed by atoms with Crippen LogP contribution in [0.15, 0.2) is 99.4 Å². The molecule has 7 nitrogen and oxygen atoms in total. The molecule has 1 heterocycles. The predicted molar refractivity (Wildman–Crippen MR) is 151 cm³/mol. The average Bonchev–Trinajstić information content (AvgIpc) is 3.16. The third-order valence-corrected chi connectivity index (χ3v) is 8.27. The molecule has 190 valence electrons. The molecule has 0 aliphatic rings. The molecule has 1 aromatic heterocycles. The SMILES string of the molecule is Cc1cc(/C=N/NC(=O)CN(c2cccc(Br)c2)S(=O)(=O)c2ccccc2)c(C)n1-c1ccccc1Cl. The Labute approximate surface area is 229 Å². The van der Waals surface area contributed by atoms with Crippen molar-refractivity contribution >= 4 is 55.4 Å². The number of carbonyl (C=O) groups is 1. The molecule has 37 heavy (non-hydrogen) atoms. The topological polar surface area (TPSA) is 83.8 Å². The molecule has 0 saturated carbocycles. The Balaban J connectivity index is 1.55. The first-order chi connectivity index (χ1) is 17.7. The molecule has 0 radical (unpaired) electrons. The van der Waals surface area contributed by atoms with Gasteiger partial charge in [-0.3, -0.25) is 9.10 Å². The van der Waals surface area contributed by atoms with Crippen LogP contribution < -0.4 is 9.73 Å². The van der Waals surface area contributed by atoms with Crippen molar-refractivity contribution in [2.75, 3.05) is 10.8 Å². The largest absolute Gasteiger partial charge is 0.316 e. The second kappa shape index (κ2) is 11.3. The van der Waals surface area contributed by atoms with Crippen molar-refractivity contribution in [3.05, 3.63) is 111 Å². The van der Waals surface area contributed by atoms with E-state index >= 15 is 0 Å². The lowest BCUT2D eigenvalue weighted by Gasteiger charge is -2.23. The Morgan fingerprint density at radius 3 is 2.43 bits per heavy atom. The minimum atomic E-state index is -4.00. The van der Waals surface area contributed by atoms with E-state index in [0.29, 0.717) is 15.2 Å². The van der Waals surface area contributed by atoms with Crippen molar-refractivity contribution in [2.45, 2.75) is 18.7 Å². The molecule has 4 rings (SSSR count). The number of rotatable bonds is 8. The number of hydrogen-bond acceptors (Lipinski definition) is 4. The van der Waals surface area contributed by atoms with E-state index in [1.165, 1.54) is 18.3 Å². The van der Waals surface area contributed by atoms with Crippen LogP contribution in [0.2, 0.25) is 5.02 Å². The maximum Gasteiger partial charge on any atom is 0.264 e. The minimum Gasteiger partial charge on any atom is -0.316 e. The number of amides is 1. The number of halogens is 2. The Bertz CT molecular complexity index is 1570. The van der Waals surface area contributed by atoms with Gasteiger partial charge >= 0.3 is 0 Å². The van der Waals surface area contributed by atoms with E-state index in [0.717, 1.165) is 26.9 Å². The Hall–Kier alpha value is -3.40. The van der Waals surface area contributed by atoms with Gasteiger partial charge in [-0.25, -0.2) is 13.8 Å². The molecule has 0 unspecified atom stereocenters. The maximum atomic E-state index is 13.4. The van der Waals surface area contributed by atoms with Crippen LogP contribution in [0.1, 0.15) is 17.0 Å². The molecule has 1 amide bonds. The number of nitrogens with one attached hydrogen (secondary N) is 1. The maximum absolute atomic E-state index is 13.4. The first kappa shape index (κ1) is 26.7. The van der Waals surface area contributed by atoms with Gasteiger partial charge in [-0.1, -0.05) is 63.9 Å². The number of nitrogens with zero attached hydrogens (tertiary/aromatic N) is 3. The summed E-state index contributed by atoms with van der Waals surface area (Å²) in [5.74, 6) is -0.587. The second-order valence-electron chi connectivity index (χ2n) is 8.21. The highest BCUT2D eigenvalue weighted by atomic mass is 79.9. The monoisotopic (exact) mass is 598 g/mol. The van der Waals surface area contributed by atoms with E-state index in [1.54, 1.807) is 42.5 Å². The van der Waals surface area contributed by atoms with Gasteiger partial charge < -0.3 is 4.57 Å². The van der Waals surface area contributed by atoms with Crippen molar-refractivity contribution in [2.24, 2.45) is 5.10 Å². The Morgan fingerprint density at radius 2 is 1.73 bits per heavy atom. The summed E-state index contributed by atoms with van der Waals surface area (Å²) in [6.07, 6.45) is 1.53. The van der Waals surface area contributed by atoms with Crippen LogP contribution in [-0.4, -0.2) is 31.7 Å². The summed E-state index contributed by atoms with van der Waals surface area (Å²) < 4.78 is 30.6. The van der Waals surface area contributed by atoms with Gasteiger partial charge in [0.25, 0.3) is 15.9 Å². The Morgan fingerprint density at radius 1 is 1.03 bits per heavy atom. The van der Waals surface area contributed by atoms with Crippen LogP contribution in [-0.2, 0) is 14.8 Å². The molecule has 0 bridgehead atoms. The molecule has 10 heteroatoms. The summed E-state index contributed by atoms with van der Waals surface area (Å²) in [6.45, 7) is 3.43. The van der Waals surface area contributed by atoms with Crippen LogP contribution in [0.5, 0.6) is 0 Å². The zero-order valence-electron chi connectivity index (χ0n) is 20.1. The van der Waals surface area contributed by atoms with Crippen LogP contribution in [0, 0.1) is 13.8 Å². The molecule has 0 aliphatic heterocycles. The van der Waals surface area contributed by atoms with Gasteiger partial charge in [0, 0.05) is 21.4 Å². The number of para-hydroxylation sites is 1. The number of aryl methyl sites for hydroxylation is 1. The van der Waals surface area contributed by atoms with Crippen molar-refractivity contribution in [3.63, 3.8) is 0 Å². The summed E-state index contributed by atoms with van der Waals surface area (Å²) in [5, 5.41) is 4.71. The lowest BCUT2D eigenvalue weighted by Crippen LogP contribution is -2.39. The second-order valence-corrected chi connectivity index (χ2v) is 11.4. The molecular weight excluding hydrogens is 576 g/mol. The van der Waals surface area contributed by atoms with E-state index in [-0.39, 0.29) is 4.90 Å². The van der Waals surface area contributed by atoms with Crippen molar-refractivity contribution in [3.8, 4) is 5.69 Å². The highest BCUT2D eigenvalue weighted by molar-refractivity contribution is 9.10. The summed E-state index contributed by atoms with van der Waals surface area (Å²) in [6, 6.07) is 24.2. The first-order valence-electron chi connectivity index (χ1n) is 11.3. The van der Waals surface area contributed by atoms with Gasteiger partial charge in [-0.15, -0.1) is 0 Å². The normalized spacial score (nSPS) is 11.6. The van der Waals surface area contributed by atoms with Gasteiger partial charge in [-0.2, -0.15) is 5.10 Å². The summed E-state index contributed by atoms with van der Waals surface area (Å²) in [5.41, 5.74) is 6.28. The fraction of sp³-hybridized carbons (Fsp3) is 0.111. The van der Waals surface area contributed by atoms with Crippen molar-refractivity contribution in [1.29, 1.82) is 0 Å². The number of hydrogen-bond donors (Lipinski definition) is 1. The number of hydrazone groups is 1. The lowest BCUT2D eigenvalue weighted by atomic mass is 10.2. The summed E-state index contributed by atoms with van der Waals surface area (Å²) in [7, 11) is -4.00. The van der Waals surface area contributed by atoms with Crippen molar-refractivity contribution in [1.82, 2.24) is 9.99 Å². The standard InChI is InChI=1S/C27H24BrClN4O3S/c1-19-15-21(20(2)33(19)26-14-7-6-13-25(26)29)17-30-31-27(34)18-32(23-10-8-9-22(28)16-23)37(35,36)24-11-4-3-5-12-24/h3-17H,18H2,1-2H3,(H,31,34)/b30-17+. The third kappa shape index (κ3) is 5.95. The highest BCUT2D eigenvalue weighted by Gasteiger charge is 2.27. The lowest BCUT2D eigenvalue weighted by molar-refractivity contribution is -0.119. The number of sulfonamides is 1. The minimum absolute atomic E-state index is 0.0817.